The summed E-state index contributed by atoms with van der Waals surface area (Å²) in [4.78, 5) is 10.9. The van der Waals surface area contributed by atoms with Crippen LogP contribution in [0.2, 0.25) is 0 Å². The van der Waals surface area contributed by atoms with E-state index in [1.807, 2.05) is 0 Å². The van der Waals surface area contributed by atoms with Crippen molar-refractivity contribution in [1.82, 2.24) is 5.32 Å². The zero-order valence-corrected chi connectivity index (χ0v) is 6.85. The number of carbonyl (C=O) groups is 1. The predicted molar refractivity (Wildman–Crippen MR) is 40.5 cm³/mol. The Labute approximate surface area is 62.0 Å². The maximum Gasteiger partial charge on any atom is 0.220 e. The minimum Gasteiger partial charge on any atom is -0.353 e. The smallest absolute Gasteiger partial charge is 0.220 e. The highest BCUT2D eigenvalue weighted by Crippen LogP contribution is 2.22. The average Bonchev–Trinajstić information content (AvgIpc) is 1.82. The summed E-state index contributed by atoms with van der Waals surface area (Å²) < 4.78 is 0. The number of amides is 1. The van der Waals surface area contributed by atoms with E-state index >= 15 is 0 Å². The second-order valence-corrected chi connectivity index (χ2v) is 3.40. The predicted octanol–water partition coefficient (Wildman–Crippen LogP) is 1.17. The van der Waals surface area contributed by atoms with E-state index < -0.39 is 0 Å². The van der Waals surface area contributed by atoms with Gasteiger partial charge in [-0.05, 0) is 18.8 Å². The van der Waals surface area contributed by atoms with Crippen LogP contribution in [0, 0.1) is 11.8 Å². The highest BCUT2D eigenvalue weighted by atomic mass is 16.1. The molecule has 0 bridgehead atoms. The van der Waals surface area contributed by atoms with Gasteiger partial charge in [0.15, 0.2) is 0 Å². The van der Waals surface area contributed by atoms with Crippen molar-refractivity contribution >= 4 is 5.91 Å². The van der Waals surface area contributed by atoms with Gasteiger partial charge in [-0.1, -0.05) is 13.8 Å². The molecule has 1 heterocycles. The first-order valence-electron chi connectivity index (χ1n) is 3.90. The number of hydrogen-bond acceptors (Lipinski definition) is 1. The monoisotopic (exact) mass is 141 g/mol. The zero-order valence-electron chi connectivity index (χ0n) is 6.85. The number of nitrogens with one attached hydrogen (secondary N) is 1. The topological polar surface area (TPSA) is 29.1 Å². The lowest BCUT2D eigenvalue weighted by molar-refractivity contribution is -0.125. The molecule has 0 spiro atoms. The molecule has 1 amide bonds. The van der Waals surface area contributed by atoms with Crippen LogP contribution >= 0.6 is 0 Å². The Hall–Kier alpha value is -0.530. The Balaban J connectivity index is 2.57. The van der Waals surface area contributed by atoms with Crippen molar-refractivity contribution in [3.63, 3.8) is 0 Å². The van der Waals surface area contributed by atoms with Crippen LogP contribution in [-0.4, -0.2) is 11.9 Å². The van der Waals surface area contributed by atoms with Crippen LogP contribution in [-0.2, 0) is 4.79 Å². The van der Waals surface area contributed by atoms with Gasteiger partial charge >= 0.3 is 0 Å². The fourth-order valence-electron chi connectivity index (χ4n) is 1.42. The molecule has 1 saturated heterocycles. The van der Waals surface area contributed by atoms with Crippen LogP contribution in [0.1, 0.15) is 27.2 Å². The first-order valence-corrected chi connectivity index (χ1v) is 3.90. The first-order chi connectivity index (χ1) is 4.61. The van der Waals surface area contributed by atoms with E-state index in [1.165, 1.54) is 0 Å². The number of hydrogen-bond donors (Lipinski definition) is 1. The second-order valence-electron chi connectivity index (χ2n) is 3.40. The molecular formula is C8H15NO. The van der Waals surface area contributed by atoms with Gasteiger partial charge in [0, 0.05) is 12.5 Å². The van der Waals surface area contributed by atoms with Crippen molar-refractivity contribution in [2.24, 2.45) is 11.8 Å². The molecule has 1 aliphatic rings. The molecular weight excluding hydrogens is 126 g/mol. The minimum absolute atomic E-state index is 0.207. The van der Waals surface area contributed by atoms with Gasteiger partial charge < -0.3 is 5.32 Å². The Bertz CT molecular complexity index is 130. The number of piperidine rings is 1. The third-order valence-electron chi connectivity index (χ3n) is 2.58. The molecule has 2 nitrogen and oxygen atoms in total. The Morgan fingerprint density at radius 3 is 2.50 bits per heavy atom. The first kappa shape index (κ1) is 7.58. The fraction of sp³-hybridized carbons (Fsp3) is 0.875. The molecule has 58 valence electrons. The van der Waals surface area contributed by atoms with Crippen LogP contribution < -0.4 is 5.32 Å². The van der Waals surface area contributed by atoms with Crippen molar-refractivity contribution in [3.8, 4) is 0 Å². The van der Waals surface area contributed by atoms with Crippen molar-refractivity contribution in [2.45, 2.75) is 33.2 Å². The molecule has 1 rings (SSSR count). The van der Waals surface area contributed by atoms with Crippen molar-refractivity contribution < 1.29 is 4.79 Å². The van der Waals surface area contributed by atoms with E-state index in [1.54, 1.807) is 0 Å². The standard InChI is InChI=1S/C8H15NO/c1-5-4-8(10)9-7(3)6(5)2/h5-7H,4H2,1-3H3,(H,9,10). The maximum atomic E-state index is 10.9. The van der Waals surface area contributed by atoms with Crippen molar-refractivity contribution in [2.75, 3.05) is 0 Å². The van der Waals surface area contributed by atoms with Crippen LogP contribution in [0.5, 0.6) is 0 Å². The summed E-state index contributed by atoms with van der Waals surface area (Å²) in [7, 11) is 0. The van der Waals surface area contributed by atoms with E-state index in [0.29, 0.717) is 24.3 Å². The van der Waals surface area contributed by atoms with E-state index in [9.17, 15) is 4.79 Å². The molecule has 0 saturated carbocycles. The lowest BCUT2D eigenvalue weighted by Crippen LogP contribution is -2.45. The van der Waals surface area contributed by atoms with Gasteiger partial charge in [-0.2, -0.15) is 0 Å². The second kappa shape index (κ2) is 2.60. The molecule has 0 aromatic rings. The minimum atomic E-state index is 0.207. The van der Waals surface area contributed by atoms with E-state index in [2.05, 4.69) is 26.1 Å². The van der Waals surface area contributed by atoms with Gasteiger partial charge in [-0.3, -0.25) is 4.79 Å². The molecule has 2 heteroatoms. The van der Waals surface area contributed by atoms with E-state index in [4.69, 9.17) is 0 Å². The summed E-state index contributed by atoms with van der Waals surface area (Å²) in [5.41, 5.74) is 0. The highest BCUT2D eigenvalue weighted by Gasteiger charge is 2.27. The summed E-state index contributed by atoms with van der Waals surface area (Å²) in [6.07, 6.45) is 0.700. The molecule has 3 unspecified atom stereocenters. The Morgan fingerprint density at radius 2 is 2.00 bits per heavy atom. The van der Waals surface area contributed by atoms with Gasteiger partial charge in [0.05, 0.1) is 0 Å². The molecule has 0 aromatic heterocycles. The summed E-state index contributed by atoms with van der Waals surface area (Å²) in [5.74, 6) is 1.37. The molecule has 1 N–H and O–H groups in total. The third-order valence-corrected chi connectivity index (χ3v) is 2.58. The third kappa shape index (κ3) is 1.31. The van der Waals surface area contributed by atoms with Crippen LogP contribution in [0.3, 0.4) is 0 Å². The summed E-state index contributed by atoms with van der Waals surface area (Å²) in [6.45, 7) is 6.40. The molecule has 10 heavy (non-hydrogen) atoms. The lowest BCUT2D eigenvalue weighted by Gasteiger charge is -2.31. The van der Waals surface area contributed by atoms with Gasteiger partial charge in [-0.25, -0.2) is 0 Å². The SMILES string of the molecule is CC1CC(=O)NC(C)C1C. The lowest BCUT2D eigenvalue weighted by atomic mass is 9.84. The van der Waals surface area contributed by atoms with Gasteiger partial charge in [-0.15, -0.1) is 0 Å². The number of carbonyl (C=O) groups excluding carboxylic acids is 1. The van der Waals surface area contributed by atoms with E-state index in [-0.39, 0.29) is 5.91 Å². The van der Waals surface area contributed by atoms with Crippen molar-refractivity contribution in [3.05, 3.63) is 0 Å². The number of rotatable bonds is 0. The molecule has 0 aliphatic carbocycles. The van der Waals surface area contributed by atoms with Crippen LogP contribution in [0.25, 0.3) is 0 Å². The Kier molecular flexibility index (Phi) is 1.97. The van der Waals surface area contributed by atoms with Gasteiger partial charge in [0.2, 0.25) is 5.91 Å². The summed E-state index contributed by atoms with van der Waals surface area (Å²) in [6, 6.07) is 0.358. The molecule has 1 fully saturated rings. The maximum absolute atomic E-state index is 10.9. The fourth-order valence-corrected chi connectivity index (χ4v) is 1.42. The molecule has 0 radical (unpaired) electrons. The average molecular weight is 141 g/mol. The van der Waals surface area contributed by atoms with E-state index in [0.717, 1.165) is 0 Å². The van der Waals surface area contributed by atoms with Gasteiger partial charge in [0.25, 0.3) is 0 Å². The molecule has 1 aliphatic heterocycles. The van der Waals surface area contributed by atoms with Crippen LogP contribution in [0.15, 0.2) is 0 Å². The normalized spacial score (nSPS) is 41.1. The Morgan fingerprint density at radius 1 is 1.40 bits per heavy atom. The molecule has 3 atom stereocenters. The van der Waals surface area contributed by atoms with Crippen molar-refractivity contribution in [1.29, 1.82) is 0 Å². The quantitative estimate of drug-likeness (QED) is 0.539. The summed E-state index contributed by atoms with van der Waals surface area (Å²) >= 11 is 0. The molecule has 0 aromatic carbocycles. The van der Waals surface area contributed by atoms with Gasteiger partial charge in [0.1, 0.15) is 0 Å². The largest absolute Gasteiger partial charge is 0.353 e. The van der Waals surface area contributed by atoms with Crippen LogP contribution in [0.4, 0.5) is 0 Å². The summed E-state index contributed by atoms with van der Waals surface area (Å²) in [5, 5.41) is 2.92. The zero-order chi connectivity index (χ0) is 7.72. The highest BCUT2D eigenvalue weighted by molar-refractivity contribution is 5.77.